The lowest BCUT2D eigenvalue weighted by atomic mass is 10.2. The van der Waals surface area contributed by atoms with Gasteiger partial charge in [-0.3, -0.25) is 4.90 Å². The summed E-state index contributed by atoms with van der Waals surface area (Å²) < 4.78 is 5.90. The molecule has 1 aliphatic carbocycles. The molecule has 20 heavy (non-hydrogen) atoms. The van der Waals surface area contributed by atoms with Crippen LogP contribution in [0.3, 0.4) is 0 Å². The summed E-state index contributed by atoms with van der Waals surface area (Å²) >= 11 is 0. The van der Waals surface area contributed by atoms with E-state index in [0.717, 1.165) is 38.7 Å². The van der Waals surface area contributed by atoms with Crippen LogP contribution in [-0.2, 0) is 11.3 Å². The van der Waals surface area contributed by atoms with E-state index in [1.165, 1.54) is 24.9 Å². The van der Waals surface area contributed by atoms with E-state index in [1.807, 2.05) is 12.4 Å². The van der Waals surface area contributed by atoms with E-state index < -0.39 is 0 Å². The van der Waals surface area contributed by atoms with Crippen LogP contribution in [0.4, 0.5) is 0 Å². The van der Waals surface area contributed by atoms with Crippen molar-refractivity contribution in [2.24, 2.45) is 5.92 Å². The second-order valence-corrected chi connectivity index (χ2v) is 6.14. The largest absolute Gasteiger partial charge is 0.374 e. The minimum absolute atomic E-state index is 0.331. The van der Waals surface area contributed by atoms with Gasteiger partial charge in [-0.15, -0.1) is 0 Å². The fourth-order valence-electron chi connectivity index (χ4n) is 2.87. The molecule has 0 bridgehead atoms. The number of rotatable bonds is 6. The van der Waals surface area contributed by atoms with E-state index in [0.29, 0.717) is 6.10 Å². The van der Waals surface area contributed by atoms with Gasteiger partial charge in [-0.25, -0.2) is 9.97 Å². The van der Waals surface area contributed by atoms with Crippen LogP contribution in [0.1, 0.15) is 18.4 Å². The number of likely N-dealkylation sites (N-methyl/N-ethyl adjacent to an activating group) is 1. The van der Waals surface area contributed by atoms with Crippen LogP contribution in [0, 0.1) is 5.92 Å². The summed E-state index contributed by atoms with van der Waals surface area (Å²) in [7, 11) is 2.21. The minimum atomic E-state index is 0.331. The molecule has 5 heteroatoms. The van der Waals surface area contributed by atoms with Gasteiger partial charge in [0.2, 0.25) is 0 Å². The van der Waals surface area contributed by atoms with Crippen LogP contribution in [0.15, 0.2) is 18.7 Å². The van der Waals surface area contributed by atoms with Crippen molar-refractivity contribution in [3.8, 4) is 0 Å². The molecule has 3 rings (SSSR count). The maximum absolute atomic E-state index is 5.90. The molecule has 5 nitrogen and oxygen atoms in total. The molecule has 1 aromatic heterocycles. The quantitative estimate of drug-likeness (QED) is 0.776. The summed E-state index contributed by atoms with van der Waals surface area (Å²) in [6, 6.07) is 0. The second-order valence-electron chi connectivity index (χ2n) is 6.14. The standard InChI is InChI=1S/C15H24N4O/c1-18(8-13-2-3-13)10-15-11-19(4-5-20-15)9-14-6-16-12-17-7-14/h6-7,12-13,15H,2-5,8-11H2,1H3/t15-/m1/s1. The Bertz CT molecular complexity index is 410. The monoisotopic (exact) mass is 276 g/mol. The van der Waals surface area contributed by atoms with Gasteiger partial charge in [0.05, 0.1) is 12.7 Å². The maximum Gasteiger partial charge on any atom is 0.115 e. The second kappa shape index (κ2) is 6.61. The molecule has 1 atom stereocenters. The van der Waals surface area contributed by atoms with Crippen molar-refractivity contribution in [2.45, 2.75) is 25.5 Å². The third kappa shape index (κ3) is 4.23. The lowest BCUT2D eigenvalue weighted by molar-refractivity contribution is -0.0435. The maximum atomic E-state index is 5.90. The number of hydrogen-bond donors (Lipinski definition) is 0. The molecular weight excluding hydrogens is 252 g/mol. The van der Waals surface area contributed by atoms with Crippen LogP contribution in [-0.4, -0.2) is 65.7 Å². The van der Waals surface area contributed by atoms with Gasteiger partial charge in [0.15, 0.2) is 0 Å². The number of nitrogens with zero attached hydrogens (tertiary/aromatic N) is 4. The summed E-state index contributed by atoms with van der Waals surface area (Å²) in [5.74, 6) is 0.946. The third-order valence-corrected chi connectivity index (χ3v) is 4.03. The van der Waals surface area contributed by atoms with Crippen molar-refractivity contribution >= 4 is 0 Å². The van der Waals surface area contributed by atoms with Crippen molar-refractivity contribution in [1.82, 2.24) is 19.8 Å². The fraction of sp³-hybridized carbons (Fsp3) is 0.733. The van der Waals surface area contributed by atoms with Crippen LogP contribution in [0.2, 0.25) is 0 Å². The molecule has 0 radical (unpaired) electrons. The summed E-state index contributed by atoms with van der Waals surface area (Å²) in [5, 5.41) is 0. The lowest BCUT2D eigenvalue weighted by Crippen LogP contribution is -2.46. The Morgan fingerprint density at radius 2 is 2.10 bits per heavy atom. The lowest BCUT2D eigenvalue weighted by Gasteiger charge is -2.34. The molecule has 1 aromatic rings. The van der Waals surface area contributed by atoms with Gasteiger partial charge >= 0.3 is 0 Å². The first-order valence-electron chi connectivity index (χ1n) is 7.56. The Kier molecular flexibility index (Phi) is 4.60. The van der Waals surface area contributed by atoms with Gasteiger partial charge in [-0.2, -0.15) is 0 Å². The summed E-state index contributed by atoms with van der Waals surface area (Å²) in [6.07, 6.45) is 8.54. The van der Waals surface area contributed by atoms with Crippen LogP contribution in [0.5, 0.6) is 0 Å². The molecule has 0 unspecified atom stereocenters. The smallest absolute Gasteiger partial charge is 0.115 e. The van der Waals surface area contributed by atoms with Gasteiger partial charge in [0, 0.05) is 50.7 Å². The van der Waals surface area contributed by atoms with E-state index in [-0.39, 0.29) is 0 Å². The number of ether oxygens (including phenoxy) is 1. The molecule has 2 fully saturated rings. The zero-order chi connectivity index (χ0) is 13.8. The molecule has 1 saturated carbocycles. The van der Waals surface area contributed by atoms with E-state index in [1.54, 1.807) is 6.33 Å². The van der Waals surface area contributed by atoms with Crippen molar-refractivity contribution in [1.29, 1.82) is 0 Å². The molecular formula is C15H24N4O. The SMILES string of the molecule is CN(CC1CC1)C[C@@H]1CN(Cc2cncnc2)CCO1. The van der Waals surface area contributed by atoms with E-state index in [9.17, 15) is 0 Å². The zero-order valence-electron chi connectivity index (χ0n) is 12.2. The molecule has 0 N–H and O–H groups in total. The van der Waals surface area contributed by atoms with Gasteiger partial charge in [0.1, 0.15) is 6.33 Å². The Morgan fingerprint density at radius 1 is 1.30 bits per heavy atom. The molecule has 1 aliphatic heterocycles. The zero-order valence-corrected chi connectivity index (χ0v) is 12.2. The van der Waals surface area contributed by atoms with Crippen molar-refractivity contribution in [3.63, 3.8) is 0 Å². The van der Waals surface area contributed by atoms with Gasteiger partial charge in [0.25, 0.3) is 0 Å². The highest BCUT2D eigenvalue weighted by Gasteiger charge is 2.26. The predicted octanol–water partition coefficient (Wildman–Crippen LogP) is 1.02. The Morgan fingerprint density at radius 3 is 2.85 bits per heavy atom. The molecule has 2 heterocycles. The summed E-state index contributed by atoms with van der Waals surface area (Å²) in [5.41, 5.74) is 1.18. The highest BCUT2D eigenvalue weighted by Crippen LogP contribution is 2.29. The van der Waals surface area contributed by atoms with E-state index in [2.05, 4.69) is 26.8 Å². The van der Waals surface area contributed by atoms with Gasteiger partial charge in [-0.1, -0.05) is 0 Å². The molecule has 110 valence electrons. The number of aromatic nitrogens is 2. The highest BCUT2D eigenvalue weighted by molar-refractivity contribution is 5.02. The highest BCUT2D eigenvalue weighted by atomic mass is 16.5. The molecule has 1 saturated heterocycles. The number of hydrogen-bond acceptors (Lipinski definition) is 5. The average molecular weight is 276 g/mol. The van der Waals surface area contributed by atoms with Crippen molar-refractivity contribution < 1.29 is 4.74 Å². The van der Waals surface area contributed by atoms with Crippen molar-refractivity contribution in [2.75, 3.05) is 39.8 Å². The normalized spacial score (nSPS) is 24.2. The van der Waals surface area contributed by atoms with Crippen LogP contribution < -0.4 is 0 Å². The Hall–Kier alpha value is -1.04. The van der Waals surface area contributed by atoms with Gasteiger partial charge < -0.3 is 9.64 Å². The van der Waals surface area contributed by atoms with E-state index >= 15 is 0 Å². The Balaban J connectivity index is 1.45. The van der Waals surface area contributed by atoms with Gasteiger partial charge in [-0.05, 0) is 25.8 Å². The molecule has 0 spiro atoms. The van der Waals surface area contributed by atoms with Crippen molar-refractivity contribution in [3.05, 3.63) is 24.3 Å². The molecule has 2 aliphatic rings. The predicted molar refractivity (Wildman–Crippen MR) is 77.3 cm³/mol. The first kappa shape index (κ1) is 13.9. The molecule has 0 aromatic carbocycles. The topological polar surface area (TPSA) is 41.5 Å². The first-order chi connectivity index (χ1) is 9.79. The van der Waals surface area contributed by atoms with E-state index in [4.69, 9.17) is 4.74 Å². The Labute approximate surface area is 121 Å². The van der Waals surface area contributed by atoms with Crippen LogP contribution in [0.25, 0.3) is 0 Å². The fourth-order valence-corrected chi connectivity index (χ4v) is 2.87. The summed E-state index contributed by atoms with van der Waals surface area (Å²) in [4.78, 5) is 13.0. The number of morpholine rings is 1. The molecule has 0 amide bonds. The van der Waals surface area contributed by atoms with Crippen LogP contribution >= 0.6 is 0 Å². The summed E-state index contributed by atoms with van der Waals surface area (Å²) in [6.45, 7) is 6.02. The third-order valence-electron chi connectivity index (χ3n) is 4.03. The average Bonchev–Trinajstić information content (AvgIpc) is 3.24. The first-order valence-corrected chi connectivity index (χ1v) is 7.56. The minimum Gasteiger partial charge on any atom is -0.374 e.